The van der Waals surface area contributed by atoms with Crippen molar-refractivity contribution in [2.24, 2.45) is 0 Å². The molecule has 0 aliphatic rings. The minimum absolute atomic E-state index is 0.0291. The molecule has 0 N–H and O–H groups in total. The van der Waals surface area contributed by atoms with Crippen molar-refractivity contribution in [1.82, 2.24) is 9.97 Å². The molecule has 0 amide bonds. The van der Waals surface area contributed by atoms with Gasteiger partial charge < -0.3 is 4.74 Å². The summed E-state index contributed by atoms with van der Waals surface area (Å²) in [6.45, 7) is 4.14. The molecule has 0 radical (unpaired) electrons. The number of benzene rings is 1. The van der Waals surface area contributed by atoms with E-state index in [9.17, 15) is 10.1 Å². The van der Waals surface area contributed by atoms with Gasteiger partial charge in [-0.05, 0) is 11.5 Å². The van der Waals surface area contributed by atoms with Crippen LogP contribution in [-0.4, -0.2) is 22.0 Å². The van der Waals surface area contributed by atoms with Crippen molar-refractivity contribution >= 4 is 5.69 Å². The molecule has 0 aliphatic heterocycles. The lowest BCUT2D eigenvalue weighted by atomic mass is 9.97. The number of nitrogens with zero attached hydrogens (tertiary/aromatic N) is 3. The molecule has 0 bridgehead atoms. The van der Waals surface area contributed by atoms with Crippen molar-refractivity contribution in [3.8, 4) is 17.3 Å². The number of nitro groups is 1. The third-order valence-corrected chi connectivity index (χ3v) is 2.95. The van der Waals surface area contributed by atoms with E-state index in [1.54, 1.807) is 0 Å². The average Bonchev–Trinajstić information content (AvgIpc) is 2.46. The van der Waals surface area contributed by atoms with Crippen LogP contribution in [0, 0.1) is 10.1 Å². The van der Waals surface area contributed by atoms with Gasteiger partial charge in [0.15, 0.2) is 5.82 Å². The van der Waals surface area contributed by atoms with Gasteiger partial charge in [0.05, 0.1) is 12.0 Å². The molecule has 0 fully saturated rings. The molecule has 1 aromatic carbocycles. The Hall–Kier alpha value is -2.50. The van der Waals surface area contributed by atoms with Crippen LogP contribution in [-0.2, 0) is 0 Å². The average molecular weight is 273 g/mol. The first-order valence-corrected chi connectivity index (χ1v) is 6.19. The Bertz CT molecular complexity index is 641. The van der Waals surface area contributed by atoms with Gasteiger partial charge in [-0.2, -0.15) is 4.98 Å². The highest BCUT2D eigenvalue weighted by Crippen LogP contribution is 2.30. The van der Waals surface area contributed by atoms with E-state index in [1.807, 2.05) is 24.3 Å². The minimum atomic E-state index is -0.559. The van der Waals surface area contributed by atoms with Gasteiger partial charge in [0.25, 0.3) is 5.88 Å². The summed E-state index contributed by atoms with van der Waals surface area (Å²) in [7, 11) is 1.35. The Labute approximate surface area is 116 Å². The Morgan fingerprint density at radius 1 is 1.30 bits per heavy atom. The van der Waals surface area contributed by atoms with E-state index < -0.39 is 4.92 Å². The van der Waals surface area contributed by atoms with E-state index >= 15 is 0 Å². The number of hydrogen-bond acceptors (Lipinski definition) is 5. The molecule has 0 aliphatic carbocycles. The van der Waals surface area contributed by atoms with Crippen LogP contribution in [0.3, 0.4) is 0 Å². The highest BCUT2D eigenvalue weighted by atomic mass is 16.6. The molecule has 1 heterocycles. The van der Waals surface area contributed by atoms with Gasteiger partial charge in [-0.25, -0.2) is 4.98 Å². The molecule has 0 unspecified atom stereocenters. The van der Waals surface area contributed by atoms with Crippen molar-refractivity contribution in [2.75, 3.05) is 7.11 Å². The molecule has 1 aromatic heterocycles. The van der Waals surface area contributed by atoms with E-state index in [4.69, 9.17) is 4.74 Å². The van der Waals surface area contributed by atoms with E-state index in [2.05, 4.69) is 23.8 Å². The third-order valence-electron chi connectivity index (χ3n) is 2.95. The van der Waals surface area contributed by atoms with Crippen molar-refractivity contribution < 1.29 is 9.66 Å². The van der Waals surface area contributed by atoms with Crippen LogP contribution in [0.15, 0.2) is 30.5 Å². The number of hydrogen-bond donors (Lipinski definition) is 0. The fraction of sp³-hybridized carbons (Fsp3) is 0.286. The van der Waals surface area contributed by atoms with Crippen molar-refractivity contribution in [1.29, 1.82) is 0 Å². The maximum atomic E-state index is 10.8. The van der Waals surface area contributed by atoms with Gasteiger partial charge >= 0.3 is 5.69 Å². The van der Waals surface area contributed by atoms with Gasteiger partial charge in [-0.1, -0.05) is 38.1 Å². The molecule has 2 aromatic rings. The Kier molecular flexibility index (Phi) is 3.93. The molecule has 6 heteroatoms. The summed E-state index contributed by atoms with van der Waals surface area (Å²) in [4.78, 5) is 18.5. The lowest BCUT2D eigenvalue weighted by Crippen LogP contribution is -2.01. The second-order valence-corrected chi connectivity index (χ2v) is 4.59. The summed E-state index contributed by atoms with van der Waals surface area (Å²) in [5.74, 6) is 0.700. The Morgan fingerprint density at radius 3 is 2.60 bits per heavy atom. The molecule has 20 heavy (non-hydrogen) atoms. The number of methoxy groups -OCH3 is 1. The van der Waals surface area contributed by atoms with Crippen molar-refractivity contribution in [3.63, 3.8) is 0 Å². The molecule has 0 saturated heterocycles. The summed E-state index contributed by atoms with van der Waals surface area (Å²) in [5, 5.41) is 10.8. The predicted molar refractivity (Wildman–Crippen MR) is 74.8 cm³/mol. The predicted octanol–water partition coefficient (Wildman–Crippen LogP) is 3.18. The van der Waals surface area contributed by atoms with E-state index in [1.165, 1.54) is 13.3 Å². The van der Waals surface area contributed by atoms with Crippen LogP contribution in [0.2, 0.25) is 0 Å². The number of aromatic nitrogens is 2. The maximum Gasteiger partial charge on any atom is 0.349 e. The molecule has 104 valence electrons. The summed E-state index contributed by atoms with van der Waals surface area (Å²) in [5.41, 5.74) is 1.71. The molecule has 0 atom stereocenters. The molecular weight excluding hydrogens is 258 g/mol. The van der Waals surface area contributed by atoms with Crippen LogP contribution in [0.4, 0.5) is 5.69 Å². The summed E-state index contributed by atoms with van der Waals surface area (Å²) in [6, 6.07) is 7.73. The first-order valence-electron chi connectivity index (χ1n) is 6.19. The van der Waals surface area contributed by atoms with Crippen molar-refractivity contribution in [2.45, 2.75) is 19.8 Å². The van der Waals surface area contributed by atoms with Gasteiger partial charge in [0, 0.05) is 5.56 Å². The van der Waals surface area contributed by atoms with Crippen LogP contribution in [0.25, 0.3) is 11.4 Å². The summed E-state index contributed by atoms with van der Waals surface area (Å²) < 4.78 is 4.98. The zero-order valence-electron chi connectivity index (χ0n) is 11.5. The SMILES string of the molecule is COc1nc(-c2ccccc2C(C)C)ncc1[N+](=O)[O-]. The molecule has 0 saturated carbocycles. The monoisotopic (exact) mass is 273 g/mol. The van der Waals surface area contributed by atoms with Gasteiger partial charge in [-0.3, -0.25) is 10.1 Å². The molecular formula is C14H15N3O3. The Morgan fingerprint density at radius 2 is 2.00 bits per heavy atom. The van der Waals surface area contributed by atoms with Crippen LogP contribution in [0.1, 0.15) is 25.3 Å². The summed E-state index contributed by atoms with van der Waals surface area (Å²) in [6.07, 6.45) is 1.18. The zero-order chi connectivity index (χ0) is 14.7. The third kappa shape index (κ3) is 2.59. The quantitative estimate of drug-likeness (QED) is 0.631. The lowest BCUT2D eigenvalue weighted by Gasteiger charge is -2.11. The number of ether oxygens (including phenoxy) is 1. The van der Waals surface area contributed by atoms with E-state index in [0.29, 0.717) is 11.7 Å². The highest BCUT2D eigenvalue weighted by Gasteiger charge is 2.19. The largest absolute Gasteiger partial charge is 0.476 e. The fourth-order valence-electron chi connectivity index (χ4n) is 1.97. The minimum Gasteiger partial charge on any atom is -0.476 e. The van der Waals surface area contributed by atoms with E-state index in [0.717, 1.165) is 11.1 Å². The van der Waals surface area contributed by atoms with Crippen molar-refractivity contribution in [3.05, 3.63) is 46.1 Å². The number of rotatable bonds is 4. The first kappa shape index (κ1) is 13.9. The van der Waals surface area contributed by atoms with Crippen LogP contribution < -0.4 is 4.74 Å². The molecule has 2 rings (SSSR count). The van der Waals surface area contributed by atoms with E-state index in [-0.39, 0.29) is 11.6 Å². The molecule has 0 spiro atoms. The van der Waals surface area contributed by atoms with Gasteiger partial charge in [-0.15, -0.1) is 0 Å². The Balaban J connectivity index is 2.57. The van der Waals surface area contributed by atoms with Crippen LogP contribution in [0.5, 0.6) is 5.88 Å². The smallest absolute Gasteiger partial charge is 0.349 e. The summed E-state index contributed by atoms with van der Waals surface area (Å²) >= 11 is 0. The second kappa shape index (κ2) is 5.64. The first-order chi connectivity index (χ1) is 9.54. The lowest BCUT2D eigenvalue weighted by molar-refractivity contribution is -0.386. The fourth-order valence-corrected chi connectivity index (χ4v) is 1.97. The topological polar surface area (TPSA) is 78.2 Å². The maximum absolute atomic E-state index is 10.8. The molecule has 6 nitrogen and oxygen atoms in total. The van der Waals surface area contributed by atoms with Gasteiger partial charge in [0.1, 0.15) is 6.20 Å². The van der Waals surface area contributed by atoms with Crippen LogP contribution >= 0.6 is 0 Å². The normalized spacial score (nSPS) is 10.6. The highest BCUT2D eigenvalue weighted by molar-refractivity contribution is 5.62. The van der Waals surface area contributed by atoms with Gasteiger partial charge in [0.2, 0.25) is 0 Å². The zero-order valence-corrected chi connectivity index (χ0v) is 11.5. The second-order valence-electron chi connectivity index (χ2n) is 4.59. The standard InChI is InChI=1S/C14H15N3O3/c1-9(2)10-6-4-5-7-11(10)13-15-8-12(17(18)19)14(16-13)20-3/h4-9H,1-3H3.